The molecule has 8 heteroatoms. The standard InChI is InChI=1S/C18H17BrN4O3/c1-22-16-14(17(25)23(2)18(22)26)9-13(10-20-16)21-15(24)7-6-11-4-3-5-12(19)8-11/h3-5,8-10H,6-7H2,1-2H3,(H,21,24). The lowest BCUT2D eigenvalue weighted by atomic mass is 10.1. The Kier molecular flexibility index (Phi) is 5.03. The minimum Gasteiger partial charge on any atom is -0.325 e. The van der Waals surface area contributed by atoms with Crippen LogP contribution in [-0.2, 0) is 25.3 Å². The number of hydrogen-bond donors (Lipinski definition) is 1. The van der Waals surface area contributed by atoms with Crippen molar-refractivity contribution in [2.45, 2.75) is 12.8 Å². The third kappa shape index (κ3) is 3.60. The van der Waals surface area contributed by atoms with Gasteiger partial charge in [0, 0.05) is 25.0 Å². The van der Waals surface area contributed by atoms with E-state index < -0.39 is 11.2 Å². The lowest BCUT2D eigenvalue weighted by Gasteiger charge is -2.09. The number of carbonyl (C=O) groups is 1. The summed E-state index contributed by atoms with van der Waals surface area (Å²) in [5.41, 5.74) is 0.870. The molecule has 0 atom stereocenters. The Morgan fingerprint density at radius 1 is 1.19 bits per heavy atom. The number of amides is 1. The van der Waals surface area contributed by atoms with Gasteiger partial charge in [-0.2, -0.15) is 0 Å². The zero-order chi connectivity index (χ0) is 18.8. The van der Waals surface area contributed by atoms with Gasteiger partial charge in [-0.1, -0.05) is 28.1 Å². The minimum atomic E-state index is -0.444. The molecule has 7 nitrogen and oxygen atoms in total. The molecular formula is C18H17BrN4O3. The molecule has 0 fully saturated rings. The van der Waals surface area contributed by atoms with Gasteiger partial charge in [0.2, 0.25) is 5.91 Å². The molecule has 0 radical (unpaired) electrons. The van der Waals surface area contributed by atoms with Crippen molar-refractivity contribution in [3.63, 3.8) is 0 Å². The topological polar surface area (TPSA) is 86.0 Å². The summed E-state index contributed by atoms with van der Waals surface area (Å²) in [4.78, 5) is 40.5. The maximum atomic E-state index is 12.3. The summed E-state index contributed by atoms with van der Waals surface area (Å²) in [5, 5.41) is 3.03. The first-order valence-corrected chi connectivity index (χ1v) is 8.76. The summed E-state index contributed by atoms with van der Waals surface area (Å²) >= 11 is 3.40. The van der Waals surface area contributed by atoms with Crippen LogP contribution in [0.5, 0.6) is 0 Å². The third-order valence-electron chi connectivity index (χ3n) is 4.11. The van der Waals surface area contributed by atoms with Crippen molar-refractivity contribution in [2.24, 2.45) is 14.1 Å². The summed E-state index contributed by atoms with van der Waals surface area (Å²) in [6, 6.07) is 9.32. The molecule has 26 heavy (non-hydrogen) atoms. The number of fused-ring (bicyclic) bond motifs is 1. The monoisotopic (exact) mass is 416 g/mol. The van der Waals surface area contributed by atoms with Crippen LogP contribution in [0.3, 0.4) is 0 Å². The van der Waals surface area contributed by atoms with Gasteiger partial charge in [0.15, 0.2) is 0 Å². The van der Waals surface area contributed by atoms with Crippen LogP contribution in [-0.4, -0.2) is 20.0 Å². The van der Waals surface area contributed by atoms with Crippen molar-refractivity contribution in [3.05, 3.63) is 67.4 Å². The summed E-state index contributed by atoms with van der Waals surface area (Å²) in [7, 11) is 2.96. The molecule has 3 rings (SSSR count). The van der Waals surface area contributed by atoms with Gasteiger partial charge in [-0.3, -0.25) is 18.7 Å². The highest BCUT2D eigenvalue weighted by Gasteiger charge is 2.11. The van der Waals surface area contributed by atoms with E-state index in [0.717, 1.165) is 14.6 Å². The Hall–Kier alpha value is -2.74. The van der Waals surface area contributed by atoms with Gasteiger partial charge in [-0.25, -0.2) is 9.78 Å². The largest absolute Gasteiger partial charge is 0.332 e. The average Bonchev–Trinajstić information content (AvgIpc) is 2.63. The molecule has 0 spiro atoms. The number of benzene rings is 1. The first kappa shape index (κ1) is 18.1. The van der Waals surface area contributed by atoms with E-state index in [1.165, 1.54) is 17.8 Å². The predicted octanol–water partition coefficient (Wildman–Crippen LogP) is 1.97. The Balaban J connectivity index is 1.79. The molecule has 3 aromatic rings. The summed E-state index contributed by atoms with van der Waals surface area (Å²) < 4.78 is 3.29. The fourth-order valence-electron chi connectivity index (χ4n) is 2.71. The van der Waals surface area contributed by atoms with Crippen LogP contribution in [0.4, 0.5) is 5.69 Å². The van der Waals surface area contributed by atoms with Crippen LogP contribution in [0.15, 0.2) is 50.6 Å². The van der Waals surface area contributed by atoms with E-state index in [2.05, 4.69) is 26.2 Å². The highest BCUT2D eigenvalue weighted by Crippen LogP contribution is 2.15. The zero-order valence-electron chi connectivity index (χ0n) is 14.3. The number of nitrogens with zero attached hydrogens (tertiary/aromatic N) is 3. The molecule has 2 heterocycles. The fraction of sp³-hybridized carbons (Fsp3) is 0.222. The van der Waals surface area contributed by atoms with Gasteiger partial charge in [-0.15, -0.1) is 0 Å². The number of rotatable bonds is 4. The van der Waals surface area contributed by atoms with E-state index in [0.29, 0.717) is 18.5 Å². The van der Waals surface area contributed by atoms with E-state index in [9.17, 15) is 14.4 Å². The lowest BCUT2D eigenvalue weighted by Crippen LogP contribution is -2.37. The third-order valence-corrected chi connectivity index (χ3v) is 4.60. The second kappa shape index (κ2) is 7.25. The van der Waals surface area contributed by atoms with Gasteiger partial charge < -0.3 is 5.32 Å². The van der Waals surface area contributed by atoms with Crippen LogP contribution in [0.2, 0.25) is 0 Å². The average molecular weight is 417 g/mol. The van der Waals surface area contributed by atoms with Gasteiger partial charge in [0.1, 0.15) is 5.65 Å². The Morgan fingerprint density at radius 3 is 2.69 bits per heavy atom. The minimum absolute atomic E-state index is 0.173. The fourth-order valence-corrected chi connectivity index (χ4v) is 3.15. The maximum absolute atomic E-state index is 12.3. The number of nitrogens with one attached hydrogen (secondary N) is 1. The predicted molar refractivity (Wildman–Crippen MR) is 103 cm³/mol. The first-order valence-electron chi connectivity index (χ1n) is 7.97. The van der Waals surface area contributed by atoms with Gasteiger partial charge in [0.05, 0.1) is 17.3 Å². The second-order valence-corrected chi connectivity index (χ2v) is 6.89. The number of anilines is 1. The zero-order valence-corrected chi connectivity index (χ0v) is 15.9. The highest BCUT2D eigenvalue weighted by molar-refractivity contribution is 9.10. The van der Waals surface area contributed by atoms with E-state index in [1.807, 2.05) is 24.3 Å². The van der Waals surface area contributed by atoms with Crippen LogP contribution >= 0.6 is 15.9 Å². The smallest absolute Gasteiger partial charge is 0.325 e. The van der Waals surface area contributed by atoms with Crippen LogP contribution < -0.4 is 16.6 Å². The Morgan fingerprint density at radius 2 is 1.96 bits per heavy atom. The molecule has 0 saturated heterocycles. The molecule has 2 aromatic heterocycles. The SMILES string of the molecule is Cn1c(=O)c2cc(NC(=O)CCc3cccc(Br)c3)cnc2n(C)c1=O. The van der Waals surface area contributed by atoms with E-state index >= 15 is 0 Å². The molecular weight excluding hydrogens is 400 g/mol. The molecule has 1 amide bonds. The molecule has 0 aliphatic rings. The van der Waals surface area contributed by atoms with Gasteiger partial charge >= 0.3 is 5.69 Å². The van der Waals surface area contributed by atoms with E-state index in [1.54, 1.807) is 13.1 Å². The summed E-state index contributed by atoms with van der Waals surface area (Å²) in [6.07, 6.45) is 2.35. The molecule has 1 N–H and O–H groups in total. The van der Waals surface area contributed by atoms with Crippen LogP contribution in [0, 0.1) is 0 Å². The molecule has 0 unspecified atom stereocenters. The van der Waals surface area contributed by atoms with Crippen molar-refractivity contribution >= 4 is 38.6 Å². The molecule has 0 aliphatic heterocycles. The maximum Gasteiger partial charge on any atom is 0.332 e. The van der Waals surface area contributed by atoms with Crippen molar-refractivity contribution in [1.29, 1.82) is 0 Å². The van der Waals surface area contributed by atoms with E-state index in [-0.39, 0.29) is 16.9 Å². The van der Waals surface area contributed by atoms with Crippen molar-refractivity contribution < 1.29 is 4.79 Å². The van der Waals surface area contributed by atoms with Crippen LogP contribution in [0.1, 0.15) is 12.0 Å². The van der Waals surface area contributed by atoms with Gasteiger partial charge in [-0.05, 0) is 30.2 Å². The highest BCUT2D eigenvalue weighted by atomic mass is 79.9. The Labute approximate surface area is 157 Å². The molecule has 0 bridgehead atoms. The van der Waals surface area contributed by atoms with Crippen LogP contribution in [0.25, 0.3) is 11.0 Å². The Bertz CT molecular complexity index is 1120. The molecule has 0 saturated carbocycles. The summed E-state index contributed by atoms with van der Waals surface area (Å²) in [5.74, 6) is -0.173. The lowest BCUT2D eigenvalue weighted by molar-refractivity contribution is -0.116. The normalized spacial score (nSPS) is 10.9. The van der Waals surface area contributed by atoms with Crippen molar-refractivity contribution in [1.82, 2.24) is 14.1 Å². The molecule has 134 valence electrons. The second-order valence-electron chi connectivity index (χ2n) is 5.98. The number of pyridine rings is 1. The number of halogens is 1. The number of hydrogen-bond acceptors (Lipinski definition) is 4. The van der Waals surface area contributed by atoms with Gasteiger partial charge in [0.25, 0.3) is 5.56 Å². The first-order chi connectivity index (χ1) is 12.4. The van der Waals surface area contributed by atoms with E-state index in [4.69, 9.17) is 0 Å². The number of aromatic nitrogens is 3. The quantitative estimate of drug-likeness (QED) is 0.704. The summed E-state index contributed by atoms with van der Waals surface area (Å²) in [6.45, 7) is 0. The van der Waals surface area contributed by atoms with Crippen molar-refractivity contribution in [2.75, 3.05) is 5.32 Å². The molecule has 1 aromatic carbocycles. The van der Waals surface area contributed by atoms with Crippen molar-refractivity contribution in [3.8, 4) is 0 Å². The molecule has 0 aliphatic carbocycles. The number of aryl methyl sites for hydroxylation is 2. The number of carbonyl (C=O) groups excluding carboxylic acids is 1.